The maximum Gasteiger partial charge on any atom is 0.181 e. The number of nitrogens with one attached hydrogen (secondary N) is 3. The number of rotatable bonds is 7. The second-order valence-corrected chi connectivity index (χ2v) is 11.1. The van der Waals surface area contributed by atoms with Gasteiger partial charge in [0.05, 0.1) is 16.6 Å². The van der Waals surface area contributed by atoms with Gasteiger partial charge >= 0.3 is 0 Å². The van der Waals surface area contributed by atoms with Crippen molar-refractivity contribution < 1.29 is 0 Å². The SMILES string of the molecule is CN1CCN(c2cccc3[nH]c(-c4[nH]nc5ncc(-c6cncc(CNCC7CCCC7)c6)cc45)nc23)CC1. The lowest BCUT2D eigenvalue weighted by atomic mass is 10.1. The van der Waals surface area contributed by atoms with Gasteiger partial charge in [0.2, 0.25) is 0 Å². The van der Waals surface area contributed by atoms with Crippen molar-refractivity contribution in [1.82, 2.24) is 40.3 Å². The van der Waals surface area contributed by atoms with Crippen LogP contribution in [0.4, 0.5) is 5.69 Å². The molecule has 0 amide bonds. The summed E-state index contributed by atoms with van der Waals surface area (Å²) in [7, 11) is 2.18. The third kappa shape index (κ3) is 4.88. The molecular formula is C30H35N9. The smallest absolute Gasteiger partial charge is 0.181 e. The maximum atomic E-state index is 5.05. The van der Waals surface area contributed by atoms with Crippen LogP contribution in [0.3, 0.4) is 0 Å². The molecular weight excluding hydrogens is 486 g/mol. The first-order valence-corrected chi connectivity index (χ1v) is 14.1. The Kier molecular flexibility index (Phi) is 6.46. The summed E-state index contributed by atoms with van der Waals surface area (Å²) in [4.78, 5) is 22.6. The summed E-state index contributed by atoms with van der Waals surface area (Å²) < 4.78 is 0. The minimum Gasteiger partial charge on any atom is -0.367 e. The second-order valence-electron chi connectivity index (χ2n) is 11.1. The van der Waals surface area contributed by atoms with Gasteiger partial charge in [0.25, 0.3) is 0 Å². The normalized spacial score (nSPS) is 17.1. The Morgan fingerprint density at radius 1 is 1.00 bits per heavy atom. The molecule has 0 atom stereocenters. The van der Waals surface area contributed by atoms with Gasteiger partial charge in [-0.05, 0) is 62.2 Å². The van der Waals surface area contributed by atoms with Crippen LogP contribution >= 0.6 is 0 Å². The fourth-order valence-electron chi connectivity index (χ4n) is 6.05. The van der Waals surface area contributed by atoms with Crippen LogP contribution in [0, 0.1) is 5.92 Å². The van der Waals surface area contributed by atoms with Gasteiger partial charge < -0.3 is 20.1 Å². The van der Waals surface area contributed by atoms with E-state index in [1.54, 1.807) is 0 Å². The van der Waals surface area contributed by atoms with E-state index >= 15 is 0 Å². The zero-order valence-electron chi connectivity index (χ0n) is 22.5. The Labute approximate surface area is 228 Å². The number of likely N-dealkylation sites (N-methyl/N-ethyl adjacent to an activating group) is 1. The number of benzene rings is 1. The van der Waals surface area contributed by atoms with Crippen molar-refractivity contribution >= 4 is 27.8 Å². The number of aromatic amines is 2. The average Bonchev–Trinajstić information content (AvgIpc) is 3.73. The molecule has 0 bridgehead atoms. The molecule has 0 spiro atoms. The second kappa shape index (κ2) is 10.4. The third-order valence-electron chi connectivity index (χ3n) is 8.35. The van der Waals surface area contributed by atoms with Crippen LogP contribution < -0.4 is 10.2 Å². The summed E-state index contributed by atoms with van der Waals surface area (Å²) >= 11 is 0. The molecule has 39 heavy (non-hydrogen) atoms. The highest BCUT2D eigenvalue weighted by Gasteiger charge is 2.20. The first kappa shape index (κ1) is 24.2. The van der Waals surface area contributed by atoms with Crippen LogP contribution in [0.15, 0.2) is 48.9 Å². The van der Waals surface area contributed by atoms with E-state index in [0.717, 1.165) is 84.3 Å². The van der Waals surface area contributed by atoms with E-state index in [1.165, 1.54) is 36.9 Å². The fourth-order valence-corrected chi connectivity index (χ4v) is 6.05. The van der Waals surface area contributed by atoms with Gasteiger partial charge in [-0.1, -0.05) is 18.9 Å². The number of pyridine rings is 2. The summed E-state index contributed by atoms with van der Waals surface area (Å²) in [5.74, 6) is 1.60. The van der Waals surface area contributed by atoms with Gasteiger partial charge in [-0.3, -0.25) is 10.1 Å². The average molecular weight is 522 g/mol. The van der Waals surface area contributed by atoms with Crippen molar-refractivity contribution in [3.63, 3.8) is 0 Å². The van der Waals surface area contributed by atoms with E-state index in [2.05, 4.69) is 77.6 Å². The monoisotopic (exact) mass is 521 g/mol. The number of hydrogen-bond acceptors (Lipinski definition) is 7. The number of imidazole rings is 1. The molecule has 0 unspecified atom stereocenters. The number of nitrogens with zero attached hydrogens (tertiary/aromatic N) is 6. The lowest BCUT2D eigenvalue weighted by Gasteiger charge is -2.34. The van der Waals surface area contributed by atoms with Gasteiger partial charge in [-0.25, -0.2) is 9.97 Å². The minimum atomic E-state index is 0.677. The molecule has 9 heteroatoms. The van der Waals surface area contributed by atoms with Crippen molar-refractivity contribution in [2.24, 2.45) is 5.92 Å². The van der Waals surface area contributed by atoms with E-state index in [4.69, 9.17) is 4.98 Å². The van der Waals surface area contributed by atoms with Crippen molar-refractivity contribution in [2.45, 2.75) is 32.2 Å². The Balaban J connectivity index is 1.17. The number of fused-ring (bicyclic) bond motifs is 2. The number of piperazine rings is 1. The topological polar surface area (TPSA) is 102 Å². The first-order valence-electron chi connectivity index (χ1n) is 14.1. The molecule has 0 radical (unpaired) electrons. The van der Waals surface area contributed by atoms with Crippen LogP contribution in [0.25, 0.3) is 44.7 Å². The highest BCUT2D eigenvalue weighted by atomic mass is 15.3. The fraction of sp³-hybridized carbons (Fsp3) is 0.400. The van der Waals surface area contributed by atoms with E-state index < -0.39 is 0 Å². The number of H-pyrrole nitrogens is 2. The molecule has 5 aromatic rings. The zero-order valence-corrected chi connectivity index (χ0v) is 22.5. The van der Waals surface area contributed by atoms with Gasteiger partial charge in [0, 0.05) is 62.4 Å². The molecule has 5 heterocycles. The molecule has 200 valence electrons. The molecule has 9 nitrogen and oxygen atoms in total. The molecule has 3 N–H and O–H groups in total. The van der Waals surface area contributed by atoms with E-state index in [1.807, 2.05) is 18.6 Å². The van der Waals surface area contributed by atoms with E-state index in [0.29, 0.717) is 5.65 Å². The third-order valence-corrected chi connectivity index (χ3v) is 8.35. The lowest BCUT2D eigenvalue weighted by molar-refractivity contribution is 0.313. The molecule has 2 fully saturated rings. The van der Waals surface area contributed by atoms with Crippen LogP contribution in [-0.4, -0.2) is 74.8 Å². The van der Waals surface area contributed by atoms with Crippen LogP contribution in [0.2, 0.25) is 0 Å². The number of aromatic nitrogens is 6. The first-order chi connectivity index (χ1) is 19.2. The summed E-state index contributed by atoms with van der Waals surface area (Å²) in [6.07, 6.45) is 11.2. The Hall–Kier alpha value is -3.82. The van der Waals surface area contributed by atoms with Crippen molar-refractivity contribution in [2.75, 3.05) is 44.7 Å². The standard InChI is InChI=1S/C30H35N9/c1-38-9-11-39(12-10-38)26-8-4-7-25-28(26)35-30(34-25)27-24-14-23(19-33-29(24)37-36-27)22-13-21(17-32-18-22)16-31-15-20-5-2-3-6-20/h4,7-8,13-14,17-20,31H,2-3,5-6,9-12,15-16H2,1H3,(H,34,35)(H,33,36,37). The van der Waals surface area contributed by atoms with Crippen molar-refractivity contribution in [1.29, 1.82) is 0 Å². The zero-order chi connectivity index (χ0) is 26.2. The largest absolute Gasteiger partial charge is 0.367 e. The Morgan fingerprint density at radius 3 is 2.72 bits per heavy atom. The van der Waals surface area contributed by atoms with Gasteiger partial charge in [-0.2, -0.15) is 5.10 Å². The number of para-hydroxylation sites is 1. The predicted octanol–water partition coefficient (Wildman–Crippen LogP) is 4.59. The molecule has 1 saturated carbocycles. The molecule has 2 aliphatic rings. The van der Waals surface area contributed by atoms with Crippen LogP contribution in [-0.2, 0) is 6.54 Å². The minimum absolute atomic E-state index is 0.677. The lowest BCUT2D eigenvalue weighted by Crippen LogP contribution is -2.44. The Morgan fingerprint density at radius 2 is 1.85 bits per heavy atom. The molecule has 7 rings (SSSR count). The molecule has 1 aromatic carbocycles. The van der Waals surface area contributed by atoms with E-state index in [-0.39, 0.29) is 0 Å². The molecule has 1 saturated heterocycles. The number of hydrogen-bond donors (Lipinski definition) is 3. The van der Waals surface area contributed by atoms with Crippen molar-refractivity contribution in [3.05, 3.63) is 54.5 Å². The summed E-state index contributed by atoms with van der Waals surface area (Å²) in [5.41, 5.74) is 7.98. The van der Waals surface area contributed by atoms with Gasteiger partial charge in [-0.15, -0.1) is 0 Å². The van der Waals surface area contributed by atoms with Crippen LogP contribution in [0.5, 0.6) is 0 Å². The molecule has 1 aliphatic heterocycles. The molecule has 4 aromatic heterocycles. The highest BCUT2D eigenvalue weighted by molar-refractivity contribution is 5.96. The predicted molar refractivity (Wildman–Crippen MR) is 156 cm³/mol. The maximum absolute atomic E-state index is 5.05. The van der Waals surface area contributed by atoms with Crippen LogP contribution in [0.1, 0.15) is 31.2 Å². The summed E-state index contributed by atoms with van der Waals surface area (Å²) in [5, 5.41) is 12.2. The van der Waals surface area contributed by atoms with E-state index in [9.17, 15) is 0 Å². The quantitative estimate of drug-likeness (QED) is 0.288. The summed E-state index contributed by atoms with van der Waals surface area (Å²) in [6, 6.07) is 10.7. The summed E-state index contributed by atoms with van der Waals surface area (Å²) in [6.45, 7) is 6.03. The Bertz CT molecular complexity index is 1590. The van der Waals surface area contributed by atoms with Gasteiger partial charge in [0.1, 0.15) is 11.2 Å². The van der Waals surface area contributed by atoms with Crippen molar-refractivity contribution in [3.8, 4) is 22.6 Å². The number of anilines is 1. The molecule has 1 aliphatic carbocycles. The highest BCUT2D eigenvalue weighted by Crippen LogP contribution is 2.32. The van der Waals surface area contributed by atoms with Gasteiger partial charge in [0.15, 0.2) is 11.5 Å².